The van der Waals surface area contributed by atoms with Gasteiger partial charge in [0.25, 0.3) is 0 Å². The van der Waals surface area contributed by atoms with E-state index in [1.165, 1.54) is 12.5 Å². The van der Waals surface area contributed by atoms with Crippen LogP contribution in [0.4, 0.5) is 0 Å². The lowest BCUT2D eigenvalue weighted by Gasteiger charge is -1.91. The first kappa shape index (κ1) is 7.78. The van der Waals surface area contributed by atoms with E-state index in [2.05, 4.69) is 55.1 Å². The minimum absolute atomic E-state index is 0.973. The van der Waals surface area contributed by atoms with Gasteiger partial charge in [0.2, 0.25) is 0 Å². The van der Waals surface area contributed by atoms with Gasteiger partial charge < -0.3 is 4.98 Å². The van der Waals surface area contributed by atoms with E-state index >= 15 is 0 Å². The van der Waals surface area contributed by atoms with Crippen molar-refractivity contribution in [1.29, 1.82) is 0 Å². The van der Waals surface area contributed by atoms with Gasteiger partial charge in [-0.2, -0.15) is 0 Å². The van der Waals surface area contributed by atoms with Crippen molar-refractivity contribution >= 4 is 56.2 Å². The summed E-state index contributed by atoms with van der Waals surface area (Å²) in [5, 5.41) is 1.23. The van der Waals surface area contributed by atoms with E-state index in [-0.39, 0.29) is 0 Å². The number of H-pyrrole nitrogens is 1. The molecule has 0 saturated heterocycles. The molecule has 56 valence electrons. The van der Waals surface area contributed by atoms with Gasteiger partial charge in [-0.25, -0.2) is 4.98 Å². The Balaban J connectivity index is 2.96. The maximum Gasteiger partial charge on any atom is 0.139 e. The third-order valence-corrected chi connectivity index (χ3v) is 3.22. The number of aromatic amines is 1. The van der Waals surface area contributed by atoms with Crippen LogP contribution in [-0.2, 0) is 0 Å². The Kier molecular flexibility index (Phi) is 2.04. The van der Waals surface area contributed by atoms with Crippen molar-refractivity contribution in [3.05, 3.63) is 25.6 Å². The summed E-state index contributed by atoms with van der Waals surface area (Å²) in [5.41, 5.74) is 0.973. The molecule has 2 aromatic rings. The highest BCUT2D eigenvalue weighted by atomic mass is 127. The Morgan fingerprint density at radius 3 is 2.82 bits per heavy atom. The quantitative estimate of drug-likeness (QED) is 0.711. The summed E-state index contributed by atoms with van der Waals surface area (Å²) in [6.07, 6.45) is 3.79. The molecule has 2 heterocycles. The lowest BCUT2D eigenvalue weighted by atomic mass is 10.3. The molecule has 2 rings (SSSR count). The highest BCUT2D eigenvalue weighted by Gasteiger charge is 2.03. The number of rotatable bonds is 0. The average molecular weight is 370 g/mol. The molecule has 0 aliphatic rings. The molecule has 2 nitrogen and oxygen atoms in total. The Bertz CT molecular complexity index is 394. The number of hydrogen-bond acceptors (Lipinski definition) is 1. The van der Waals surface area contributed by atoms with Crippen LogP contribution in [0.5, 0.6) is 0 Å². The van der Waals surface area contributed by atoms with Crippen molar-refractivity contribution in [2.45, 2.75) is 0 Å². The standard InChI is InChI=1S/C7H4I2N2/c8-4-1-2-10-7-6(4)5(9)3-11-7/h1-3H,(H,10,11). The molecule has 0 bridgehead atoms. The van der Waals surface area contributed by atoms with E-state index in [1.807, 2.05) is 18.5 Å². The van der Waals surface area contributed by atoms with Gasteiger partial charge in [-0.15, -0.1) is 0 Å². The van der Waals surface area contributed by atoms with Crippen LogP contribution in [0.25, 0.3) is 11.0 Å². The maximum atomic E-state index is 4.20. The Labute approximate surface area is 91.1 Å². The summed E-state index contributed by atoms with van der Waals surface area (Å²) in [6.45, 7) is 0. The summed E-state index contributed by atoms with van der Waals surface area (Å²) in [6, 6.07) is 2.01. The van der Waals surface area contributed by atoms with Gasteiger partial charge in [-0.05, 0) is 51.2 Å². The van der Waals surface area contributed by atoms with Crippen LogP contribution in [0.15, 0.2) is 18.5 Å². The lowest BCUT2D eigenvalue weighted by Crippen LogP contribution is -1.78. The maximum absolute atomic E-state index is 4.20. The molecule has 0 unspecified atom stereocenters. The van der Waals surface area contributed by atoms with E-state index in [1.54, 1.807) is 0 Å². The molecule has 0 saturated carbocycles. The van der Waals surface area contributed by atoms with Crippen LogP contribution >= 0.6 is 45.2 Å². The van der Waals surface area contributed by atoms with Crippen molar-refractivity contribution < 1.29 is 0 Å². The molecule has 0 fully saturated rings. The predicted octanol–water partition coefficient (Wildman–Crippen LogP) is 2.77. The van der Waals surface area contributed by atoms with E-state index in [9.17, 15) is 0 Å². The molecule has 0 amide bonds. The van der Waals surface area contributed by atoms with Crippen molar-refractivity contribution in [2.24, 2.45) is 0 Å². The van der Waals surface area contributed by atoms with Crippen LogP contribution in [-0.4, -0.2) is 9.97 Å². The Morgan fingerprint density at radius 2 is 2.09 bits per heavy atom. The Hall–Kier alpha value is 0.150. The van der Waals surface area contributed by atoms with Crippen LogP contribution < -0.4 is 0 Å². The summed E-state index contributed by atoms with van der Waals surface area (Å²) < 4.78 is 2.48. The fourth-order valence-electron chi connectivity index (χ4n) is 0.979. The number of pyridine rings is 1. The number of halogens is 2. The zero-order chi connectivity index (χ0) is 7.84. The van der Waals surface area contributed by atoms with Crippen molar-refractivity contribution in [3.8, 4) is 0 Å². The molecule has 4 heteroatoms. The first-order valence-electron chi connectivity index (χ1n) is 3.06. The van der Waals surface area contributed by atoms with Crippen LogP contribution in [0.2, 0.25) is 0 Å². The van der Waals surface area contributed by atoms with Crippen LogP contribution in [0.1, 0.15) is 0 Å². The fraction of sp³-hybridized carbons (Fsp3) is 0. The zero-order valence-corrected chi connectivity index (χ0v) is 9.75. The molecule has 0 spiro atoms. The van der Waals surface area contributed by atoms with Gasteiger partial charge in [0, 0.05) is 24.9 Å². The van der Waals surface area contributed by atoms with Gasteiger partial charge in [-0.1, -0.05) is 0 Å². The predicted molar refractivity (Wildman–Crippen MR) is 61.5 cm³/mol. The molecule has 2 aromatic heterocycles. The molecular formula is C7H4I2N2. The number of nitrogens with one attached hydrogen (secondary N) is 1. The SMILES string of the molecule is Ic1ccnc2[nH]cc(I)c12. The molecule has 11 heavy (non-hydrogen) atoms. The van der Waals surface area contributed by atoms with Gasteiger partial charge in [0.15, 0.2) is 0 Å². The summed E-state index contributed by atoms with van der Waals surface area (Å²) in [7, 11) is 0. The van der Waals surface area contributed by atoms with Crippen molar-refractivity contribution in [3.63, 3.8) is 0 Å². The van der Waals surface area contributed by atoms with Gasteiger partial charge in [0.1, 0.15) is 5.65 Å². The Morgan fingerprint density at radius 1 is 1.27 bits per heavy atom. The molecular weight excluding hydrogens is 366 g/mol. The van der Waals surface area contributed by atoms with E-state index < -0.39 is 0 Å². The lowest BCUT2D eigenvalue weighted by molar-refractivity contribution is 1.32. The highest BCUT2D eigenvalue weighted by molar-refractivity contribution is 14.1. The molecule has 0 atom stereocenters. The molecule has 1 N–H and O–H groups in total. The summed E-state index contributed by atoms with van der Waals surface area (Å²) >= 11 is 4.62. The summed E-state index contributed by atoms with van der Waals surface area (Å²) in [4.78, 5) is 7.30. The number of fused-ring (bicyclic) bond motifs is 1. The zero-order valence-electron chi connectivity index (χ0n) is 5.44. The summed E-state index contributed by atoms with van der Waals surface area (Å²) in [5.74, 6) is 0. The van der Waals surface area contributed by atoms with Crippen molar-refractivity contribution in [2.75, 3.05) is 0 Å². The second-order valence-electron chi connectivity index (χ2n) is 2.15. The number of nitrogens with zero attached hydrogens (tertiary/aromatic N) is 1. The molecule has 0 aromatic carbocycles. The van der Waals surface area contributed by atoms with Gasteiger partial charge >= 0.3 is 0 Å². The first-order chi connectivity index (χ1) is 5.29. The minimum Gasteiger partial charge on any atom is -0.345 e. The first-order valence-corrected chi connectivity index (χ1v) is 5.22. The molecule has 0 radical (unpaired) electrons. The second-order valence-corrected chi connectivity index (χ2v) is 4.48. The van der Waals surface area contributed by atoms with E-state index in [0.717, 1.165) is 5.65 Å². The highest BCUT2D eigenvalue weighted by Crippen LogP contribution is 2.22. The van der Waals surface area contributed by atoms with E-state index in [4.69, 9.17) is 0 Å². The number of hydrogen-bond donors (Lipinski definition) is 1. The van der Waals surface area contributed by atoms with Gasteiger partial charge in [0.05, 0.1) is 0 Å². The average Bonchev–Trinajstić information content (AvgIpc) is 2.34. The fourth-order valence-corrected chi connectivity index (χ4v) is 2.90. The molecule has 0 aliphatic carbocycles. The number of aromatic nitrogens is 2. The third-order valence-electron chi connectivity index (χ3n) is 1.47. The minimum atomic E-state index is 0.973. The monoisotopic (exact) mass is 370 g/mol. The van der Waals surface area contributed by atoms with Crippen LogP contribution in [0, 0.1) is 7.14 Å². The third kappa shape index (κ3) is 1.26. The normalized spacial score (nSPS) is 10.7. The second kappa shape index (κ2) is 2.89. The van der Waals surface area contributed by atoms with E-state index in [0.29, 0.717) is 0 Å². The smallest absolute Gasteiger partial charge is 0.139 e. The largest absolute Gasteiger partial charge is 0.345 e. The topological polar surface area (TPSA) is 28.7 Å². The molecule has 0 aliphatic heterocycles. The van der Waals surface area contributed by atoms with Crippen LogP contribution in [0.3, 0.4) is 0 Å². The van der Waals surface area contributed by atoms with Gasteiger partial charge in [-0.3, -0.25) is 0 Å². The van der Waals surface area contributed by atoms with Crippen molar-refractivity contribution in [1.82, 2.24) is 9.97 Å².